The molecule has 1 amide bonds. The lowest BCUT2D eigenvalue weighted by Gasteiger charge is -2.36. The third-order valence-corrected chi connectivity index (χ3v) is 4.96. The molecule has 0 radical (unpaired) electrons. The molecule has 1 aromatic heterocycles. The van der Waals surface area contributed by atoms with Gasteiger partial charge in [-0.3, -0.25) is 4.79 Å². The maximum absolute atomic E-state index is 13.0. The maximum atomic E-state index is 13.0. The Labute approximate surface area is 163 Å². The minimum Gasteiger partial charge on any atom is -0.495 e. The highest BCUT2D eigenvalue weighted by molar-refractivity contribution is 5.95. The van der Waals surface area contributed by atoms with Gasteiger partial charge in [0.2, 0.25) is 0 Å². The molecule has 4 rings (SSSR count). The van der Waals surface area contributed by atoms with Crippen LogP contribution in [0.5, 0.6) is 5.75 Å². The Kier molecular flexibility index (Phi) is 4.92. The van der Waals surface area contributed by atoms with Gasteiger partial charge in [0.15, 0.2) is 5.82 Å². The van der Waals surface area contributed by atoms with Gasteiger partial charge in [0.25, 0.3) is 5.91 Å². The summed E-state index contributed by atoms with van der Waals surface area (Å²) in [7, 11) is 1.68. The number of carbonyl (C=O) groups is 1. The molecule has 8 nitrogen and oxygen atoms in total. The van der Waals surface area contributed by atoms with Crippen LogP contribution < -0.4 is 9.64 Å². The number of hydrogen-bond donors (Lipinski definition) is 0. The fraction of sp³-hybridized carbons (Fsp3) is 0.300. The molecule has 0 spiro atoms. The summed E-state index contributed by atoms with van der Waals surface area (Å²) in [5.74, 6) is 1.55. The van der Waals surface area contributed by atoms with Gasteiger partial charge in [0.05, 0.1) is 18.5 Å². The number of amides is 1. The maximum Gasteiger partial charge on any atom is 0.254 e. The molecule has 8 heteroatoms. The van der Waals surface area contributed by atoms with Gasteiger partial charge in [0, 0.05) is 31.7 Å². The number of carbonyl (C=O) groups excluding carboxylic acids is 1. The lowest BCUT2D eigenvalue weighted by Crippen LogP contribution is -2.48. The largest absolute Gasteiger partial charge is 0.495 e. The van der Waals surface area contributed by atoms with Crippen LogP contribution in [0.15, 0.2) is 48.5 Å². The number of hydrogen-bond acceptors (Lipinski definition) is 6. The quantitative estimate of drug-likeness (QED) is 0.691. The highest BCUT2D eigenvalue weighted by Gasteiger charge is 2.24. The van der Waals surface area contributed by atoms with Crippen LogP contribution in [0.2, 0.25) is 0 Å². The van der Waals surface area contributed by atoms with Gasteiger partial charge in [-0.25, -0.2) is 0 Å². The van der Waals surface area contributed by atoms with Crippen molar-refractivity contribution in [2.45, 2.75) is 6.92 Å². The zero-order valence-corrected chi connectivity index (χ0v) is 15.9. The van der Waals surface area contributed by atoms with Crippen LogP contribution in [0.25, 0.3) is 5.69 Å². The summed E-state index contributed by atoms with van der Waals surface area (Å²) < 4.78 is 7.08. The first-order valence-electron chi connectivity index (χ1n) is 9.20. The molecule has 0 atom stereocenters. The number of methoxy groups -OCH3 is 1. The monoisotopic (exact) mass is 378 g/mol. The molecule has 0 aliphatic carbocycles. The lowest BCUT2D eigenvalue weighted by atomic mass is 10.1. The Hall–Kier alpha value is -3.42. The summed E-state index contributed by atoms with van der Waals surface area (Å²) in [5, 5.41) is 11.5. The van der Waals surface area contributed by atoms with Crippen LogP contribution in [0.4, 0.5) is 5.69 Å². The molecule has 0 saturated carbocycles. The van der Waals surface area contributed by atoms with Gasteiger partial charge in [-0.2, -0.15) is 4.68 Å². The van der Waals surface area contributed by atoms with Crippen LogP contribution in [-0.4, -0.2) is 64.3 Å². The molecule has 144 valence electrons. The van der Waals surface area contributed by atoms with E-state index in [9.17, 15) is 4.79 Å². The van der Waals surface area contributed by atoms with Crippen LogP contribution in [0, 0.1) is 6.92 Å². The first-order valence-corrected chi connectivity index (χ1v) is 9.20. The van der Waals surface area contributed by atoms with Crippen molar-refractivity contribution in [3.05, 3.63) is 59.9 Å². The molecule has 1 aliphatic heterocycles. The Morgan fingerprint density at radius 1 is 1.04 bits per heavy atom. The Bertz CT molecular complexity index is 978. The zero-order valence-electron chi connectivity index (χ0n) is 15.9. The van der Waals surface area contributed by atoms with Gasteiger partial charge in [-0.05, 0) is 47.7 Å². The number of ether oxygens (including phenoxy) is 1. The Morgan fingerprint density at radius 3 is 2.54 bits per heavy atom. The van der Waals surface area contributed by atoms with Crippen molar-refractivity contribution in [3.8, 4) is 11.4 Å². The van der Waals surface area contributed by atoms with Gasteiger partial charge in [0.1, 0.15) is 5.75 Å². The number of tetrazole rings is 1. The summed E-state index contributed by atoms with van der Waals surface area (Å²) in [4.78, 5) is 17.1. The second-order valence-corrected chi connectivity index (χ2v) is 6.64. The van der Waals surface area contributed by atoms with Gasteiger partial charge in [-0.15, -0.1) is 5.10 Å². The van der Waals surface area contributed by atoms with Crippen molar-refractivity contribution in [1.82, 2.24) is 25.1 Å². The zero-order chi connectivity index (χ0) is 19.5. The average Bonchev–Trinajstić information content (AvgIpc) is 3.19. The molecule has 3 aromatic rings. The molecule has 1 aliphatic rings. The van der Waals surface area contributed by atoms with Crippen molar-refractivity contribution < 1.29 is 9.53 Å². The summed E-state index contributed by atoms with van der Waals surface area (Å²) in [5.41, 5.74) is 2.48. The van der Waals surface area contributed by atoms with E-state index < -0.39 is 0 Å². The Balaban J connectivity index is 1.47. The predicted octanol–water partition coefficient (Wildman–Crippen LogP) is 1.94. The number of benzene rings is 2. The predicted molar refractivity (Wildman–Crippen MR) is 105 cm³/mol. The van der Waals surface area contributed by atoms with E-state index in [0.717, 1.165) is 30.2 Å². The molecule has 1 saturated heterocycles. The molecule has 0 bridgehead atoms. The van der Waals surface area contributed by atoms with E-state index in [1.165, 1.54) is 0 Å². The minimum atomic E-state index is 0.0206. The molecular weight excluding hydrogens is 356 g/mol. The highest BCUT2D eigenvalue weighted by atomic mass is 16.5. The van der Waals surface area contributed by atoms with Crippen molar-refractivity contribution in [3.63, 3.8) is 0 Å². The van der Waals surface area contributed by atoms with E-state index in [-0.39, 0.29) is 5.91 Å². The average molecular weight is 378 g/mol. The van der Waals surface area contributed by atoms with Gasteiger partial charge in [-0.1, -0.05) is 18.2 Å². The SMILES string of the molecule is COc1ccccc1N1CCN(C(=O)c2cccc(-n3nnnc3C)c2)CC1. The standard InChI is InChI=1S/C20H22N6O2/c1-15-21-22-23-26(15)17-7-5-6-16(14-17)20(27)25-12-10-24(11-13-25)18-8-3-4-9-19(18)28-2/h3-9,14H,10-13H2,1-2H3. The fourth-order valence-electron chi connectivity index (χ4n) is 3.47. The summed E-state index contributed by atoms with van der Waals surface area (Å²) >= 11 is 0. The first-order chi connectivity index (χ1) is 13.7. The van der Waals surface area contributed by atoms with Crippen LogP contribution in [0.3, 0.4) is 0 Å². The van der Waals surface area contributed by atoms with Crippen LogP contribution >= 0.6 is 0 Å². The molecule has 0 N–H and O–H groups in total. The molecule has 28 heavy (non-hydrogen) atoms. The second-order valence-electron chi connectivity index (χ2n) is 6.64. The number of aryl methyl sites for hydroxylation is 1. The number of nitrogens with zero attached hydrogens (tertiary/aromatic N) is 6. The van der Waals surface area contributed by atoms with E-state index in [1.54, 1.807) is 11.8 Å². The van der Waals surface area contributed by atoms with Gasteiger partial charge >= 0.3 is 0 Å². The van der Waals surface area contributed by atoms with Crippen LogP contribution in [-0.2, 0) is 0 Å². The van der Waals surface area contributed by atoms with E-state index in [2.05, 4.69) is 20.4 Å². The molecule has 1 fully saturated rings. The minimum absolute atomic E-state index is 0.0206. The number of anilines is 1. The summed E-state index contributed by atoms with van der Waals surface area (Å²) in [6, 6.07) is 15.4. The topological polar surface area (TPSA) is 76.4 Å². The first kappa shape index (κ1) is 18.0. The third-order valence-electron chi connectivity index (χ3n) is 4.96. The van der Waals surface area contributed by atoms with E-state index in [1.807, 2.05) is 60.4 Å². The van der Waals surface area contributed by atoms with Gasteiger partial charge < -0.3 is 14.5 Å². The van der Waals surface area contributed by atoms with Crippen molar-refractivity contribution >= 4 is 11.6 Å². The number of aromatic nitrogens is 4. The Morgan fingerprint density at radius 2 is 1.82 bits per heavy atom. The third kappa shape index (κ3) is 3.40. The van der Waals surface area contributed by atoms with Crippen molar-refractivity contribution in [2.75, 3.05) is 38.2 Å². The van der Waals surface area contributed by atoms with Crippen molar-refractivity contribution in [2.24, 2.45) is 0 Å². The highest BCUT2D eigenvalue weighted by Crippen LogP contribution is 2.28. The van der Waals surface area contributed by atoms with Crippen LogP contribution in [0.1, 0.15) is 16.2 Å². The smallest absolute Gasteiger partial charge is 0.254 e. The van der Waals surface area contributed by atoms with Crippen molar-refractivity contribution in [1.29, 1.82) is 0 Å². The normalized spacial score (nSPS) is 14.2. The number of para-hydroxylation sites is 2. The fourth-order valence-corrected chi connectivity index (χ4v) is 3.47. The second kappa shape index (κ2) is 7.67. The van der Waals surface area contributed by atoms with E-state index in [0.29, 0.717) is 24.5 Å². The molecule has 2 heterocycles. The van der Waals surface area contributed by atoms with E-state index >= 15 is 0 Å². The molecule has 0 unspecified atom stereocenters. The number of rotatable bonds is 4. The summed E-state index contributed by atoms with van der Waals surface area (Å²) in [6.45, 7) is 4.66. The van der Waals surface area contributed by atoms with E-state index in [4.69, 9.17) is 4.74 Å². The molecular formula is C20H22N6O2. The lowest BCUT2D eigenvalue weighted by molar-refractivity contribution is 0.0746. The summed E-state index contributed by atoms with van der Waals surface area (Å²) in [6.07, 6.45) is 0. The molecule has 2 aromatic carbocycles. The number of piperazine rings is 1.